The van der Waals surface area contributed by atoms with E-state index in [-0.39, 0.29) is 46.8 Å². The maximum atomic E-state index is 13.2. The Balaban J connectivity index is 2.37. The number of hydrogen-bond donors (Lipinski definition) is 3. The first-order valence-corrected chi connectivity index (χ1v) is 12.5. The van der Waals surface area contributed by atoms with E-state index >= 15 is 0 Å². The number of amides is 1. The number of anilines is 2. The van der Waals surface area contributed by atoms with Crippen LogP contribution in [-0.2, 0) is 14.8 Å². The standard InChI is InChI=1S/C22H29F2N2O6PS/c1-5-31-19-11-15(25-21(28)16(12-27)13(2)3)9-10-20(19)34(29,30)26-17-7-6-8-18(14(17)4)32-22(23,24)33/h6-11,13,16,26-27H,5,12,33H2,1-4H3,(H,25,28)/t16-/m0/s1. The molecule has 3 N–H and O–H groups in total. The van der Waals surface area contributed by atoms with E-state index in [0.717, 1.165) is 0 Å². The number of carbonyl (C=O) groups is 1. The first kappa shape index (κ1) is 27.8. The van der Waals surface area contributed by atoms with E-state index in [4.69, 9.17) is 4.74 Å². The zero-order valence-corrected chi connectivity index (χ0v) is 21.2. The van der Waals surface area contributed by atoms with Gasteiger partial charge in [-0.3, -0.25) is 9.52 Å². The molecule has 2 atom stereocenters. The van der Waals surface area contributed by atoms with E-state index in [1.807, 2.05) is 0 Å². The van der Waals surface area contributed by atoms with Crippen molar-refractivity contribution >= 4 is 36.5 Å². The van der Waals surface area contributed by atoms with Gasteiger partial charge in [0.2, 0.25) is 5.91 Å². The van der Waals surface area contributed by atoms with E-state index in [2.05, 4.69) is 14.8 Å². The van der Waals surface area contributed by atoms with Crippen molar-refractivity contribution in [3.63, 3.8) is 0 Å². The average Bonchev–Trinajstić information content (AvgIpc) is 2.70. The minimum atomic E-state index is -4.20. The highest BCUT2D eigenvalue weighted by atomic mass is 32.2. The number of hydrogen-bond acceptors (Lipinski definition) is 6. The molecule has 0 aliphatic carbocycles. The third-order valence-electron chi connectivity index (χ3n) is 4.91. The normalized spacial score (nSPS) is 12.9. The largest absolute Gasteiger partial charge is 0.492 e. The highest BCUT2D eigenvalue weighted by molar-refractivity contribution is 7.92. The summed E-state index contributed by atoms with van der Waals surface area (Å²) in [5.41, 5.74) is 0.508. The summed E-state index contributed by atoms with van der Waals surface area (Å²) in [6.07, 6.45) is 0. The summed E-state index contributed by atoms with van der Waals surface area (Å²) < 4.78 is 65.2. The topological polar surface area (TPSA) is 114 Å². The number of ether oxygens (including phenoxy) is 2. The molecule has 2 aromatic carbocycles. The van der Waals surface area contributed by atoms with Crippen molar-refractivity contribution in [2.24, 2.45) is 11.8 Å². The number of aliphatic hydroxyl groups is 1. The SMILES string of the molecule is CCOc1cc(NC(=O)[C@@H](CO)C(C)C)ccc1S(=O)(=O)Nc1cccc(OC(F)(F)P)c1C. The predicted molar refractivity (Wildman–Crippen MR) is 129 cm³/mol. The van der Waals surface area contributed by atoms with Gasteiger partial charge in [0.15, 0.2) is 0 Å². The van der Waals surface area contributed by atoms with Crippen LogP contribution in [0.4, 0.5) is 20.2 Å². The minimum absolute atomic E-state index is 0.0144. The van der Waals surface area contributed by atoms with Gasteiger partial charge >= 0.3 is 5.85 Å². The number of alkyl halides is 2. The fourth-order valence-electron chi connectivity index (χ4n) is 3.09. The number of benzene rings is 2. The fraction of sp³-hybridized carbons (Fsp3) is 0.409. The molecule has 0 aliphatic rings. The van der Waals surface area contributed by atoms with Crippen molar-refractivity contribution in [2.45, 2.75) is 38.4 Å². The number of rotatable bonds is 11. The van der Waals surface area contributed by atoms with Crippen LogP contribution in [0, 0.1) is 18.8 Å². The molecule has 0 bridgehead atoms. The molecule has 2 rings (SSSR count). The molecule has 1 unspecified atom stereocenters. The molecule has 0 fully saturated rings. The molecular formula is C22H29F2N2O6PS. The molecule has 34 heavy (non-hydrogen) atoms. The molecule has 0 spiro atoms. The zero-order chi connectivity index (χ0) is 25.7. The molecule has 0 saturated heterocycles. The van der Waals surface area contributed by atoms with Crippen LogP contribution in [-0.4, -0.2) is 38.5 Å². The summed E-state index contributed by atoms with van der Waals surface area (Å²) >= 11 is 0. The zero-order valence-electron chi connectivity index (χ0n) is 19.3. The van der Waals surface area contributed by atoms with Gasteiger partial charge in [-0.05, 0) is 53.3 Å². The summed E-state index contributed by atoms with van der Waals surface area (Å²) in [5, 5.41) is 12.1. The van der Waals surface area contributed by atoms with Crippen LogP contribution in [0.25, 0.3) is 0 Å². The Labute approximate surface area is 200 Å². The molecule has 188 valence electrons. The molecule has 0 radical (unpaired) electrons. The molecule has 0 saturated carbocycles. The Kier molecular flexibility index (Phi) is 9.22. The number of aliphatic hydroxyl groups excluding tert-OH is 1. The summed E-state index contributed by atoms with van der Waals surface area (Å²) in [6, 6.07) is 8.11. The van der Waals surface area contributed by atoms with Gasteiger partial charge in [-0.25, -0.2) is 8.42 Å². The summed E-state index contributed by atoms with van der Waals surface area (Å²) in [5.74, 6) is -4.87. The van der Waals surface area contributed by atoms with Crippen molar-refractivity contribution in [1.29, 1.82) is 0 Å². The van der Waals surface area contributed by atoms with Crippen LogP contribution >= 0.6 is 9.24 Å². The average molecular weight is 519 g/mol. The maximum Gasteiger partial charge on any atom is 0.408 e. The van der Waals surface area contributed by atoms with Gasteiger partial charge in [-0.15, -0.1) is 0 Å². The van der Waals surface area contributed by atoms with Crippen molar-refractivity contribution in [1.82, 2.24) is 0 Å². The Hall–Kier alpha value is -2.49. The Morgan fingerprint density at radius 1 is 1.21 bits per heavy atom. The first-order valence-electron chi connectivity index (χ1n) is 10.5. The van der Waals surface area contributed by atoms with Gasteiger partial charge in [-0.2, -0.15) is 8.78 Å². The number of carbonyl (C=O) groups excluding carboxylic acids is 1. The van der Waals surface area contributed by atoms with Crippen molar-refractivity contribution < 1.29 is 36.6 Å². The summed E-state index contributed by atoms with van der Waals surface area (Å²) in [4.78, 5) is 12.2. The van der Waals surface area contributed by atoms with E-state index in [1.54, 1.807) is 20.8 Å². The van der Waals surface area contributed by atoms with Crippen LogP contribution in [0.15, 0.2) is 41.3 Å². The Bertz CT molecular complexity index is 1120. The van der Waals surface area contributed by atoms with Gasteiger partial charge in [0, 0.05) is 17.3 Å². The lowest BCUT2D eigenvalue weighted by Crippen LogP contribution is -2.29. The first-order chi connectivity index (χ1) is 15.8. The summed E-state index contributed by atoms with van der Waals surface area (Å²) in [6.45, 7) is 6.53. The number of nitrogens with one attached hydrogen (secondary N) is 2. The highest BCUT2D eigenvalue weighted by Crippen LogP contribution is 2.35. The quantitative estimate of drug-likeness (QED) is 0.384. The maximum absolute atomic E-state index is 13.2. The Morgan fingerprint density at radius 2 is 1.88 bits per heavy atom. The van der Waals surface area contributed by atoms with Gasteiger partial charge < -0.3 is 19.9 Å². The molecule has 1 amide bonds. The molecular weight excluding hydrogens is 489 g/mol. The van der Waals surface area contributed by atoms with Crippen molar-refractivity contribution in [3.05, 3.63) is 42.0 Å². The molecule has 8 nitrogen and oxygen atoms in total. The Morgan fingerprint density at radius 3 is 2.44 bits per heavy atom. The molecule has 0 heterocycles. The third kappa shape index (κ3) is 7.25. The van der Waals surface area contributed by atoms with E-state index in [0.29, 0.717) is 5.69 Å². The van der Waals surface area contributed by atoms with Crippen LogP contribution in [0.5, 0.6) is 11.5 Å². The predicted octanol–water partition coefficient (Wildman–Crippen LogP) is 4.20. The highest BCUT2D eigenvalue weighted by Gasteiger charge is 2.27. The lowest BCUT2D eigenvalue weighted by Gasteiger charge is -2.19. The van der Waals surface area contributed by atoms with Crippen LogP contribution in [0.2, 0.25) is 0 Å². The lowest BCUT2D eigenvalue weighted by atomic mass is 9.96. The van der Waals surface area contributed by atoms with E-state index < -0.39 is 27.7 Å². The van der Waals surface area contributed by atoms with Crippen LogP contribution in [0.1, 0.15) is 26.3 Å². The monoisotopic (exact) mass is 518 g/mol. The van der Waals surface area contributed by atoms with Gasteiger partial charge in [-0.1, -0.05) is 19.9 Å². The molecule has 0 aliphatic heterocycles. The molecule has 2 aromatic rings. The third-order valence-corrected chi connectivity index (χ3v) is 6.44. The second-order valence-corrected chi connectivity index (χ2v) is 10.1. The lowest BCUT2D eigenvalue weighted by molar-refractivity contribution is -0.122. The van der Waals surface area contributed by atoms with Gasteiger partial charge in [0.1, 0.15) is 16.4 Å². The van der Waals surface area contributed by atoms with Gasteiger partial charge in [0.25, 0.3) is 10.0 Å². The minimum Gasteiger partial charge on any atom is -0.492 e. The molecule has 0 aromatic heterocycles. The number of sulfonamides is 1. The van der Waals surface area contributed by atoms with Gasteiger partial charge in [0.05, 0.1) is 24.8 Å². The summed E-state index contributed by atoms with van der Waals surface area (Å²) in [7, 11) is -2.95. The fourth-order valence-corrected chi connectivity index (χ4v) is 4.47. The van der Waals surface area contributed by atoms with E-state index in [1.165, 1.54) is 52.6 Å². The van der Waals surface area contributed by atoms with E-state index in [9.17, 15) is 27.1 Å². The number of halogens is 2. The van der Waals surface area contributed by atoms with Crippen molar-refractivity contribution in [2.75, 3.05) is 23.3 Å². The van der Waals surface area contributed by atoms with Crippen LogP contribution < -0.4 is 19.5 Å². The second kappa shape index (κ2) is 11.3. The molecule has 12 heteroatoms. The second-order valence-electron chi connectivity index (χ2n) is 7.81. The smallest absolute Gasteiger partial charge is 0.408 e. The van der Waals surface area contributed by atoms with Crippen molar-refractivity contribution in [3.8, 4) is 11.5 Å². The van der Waals surface area contributed by atoms with Crippen LogP contribution in [0.3, 0.4) is 0 Å².